The first-order chi connectivity index (χ1) is 16.7. The fraction of sp³-hybridized carbons (Fsp3) is 0.464. The largest absolute Gasteiger partial charge is 0.481 e. The third-order valence-corrected chi connectivity index (χ3v) is 8.12. The van der Waals surface area contributed by atoms with E-state index in [9.17, 15) is 19.5 Å². The number of amides is 2. The van der Waals surface area contributed by atoms with Gasteiger partial charge in [-0.2, -0.15) is 0 Å². The summed E-state index contributed by atoms with van der Waals surface area (Å²) in [5, 5.41) is 15.1. The molecular formula is C28H32N2O5. The van der Waals surface area contributed by atoms with E-state index in [1.54, 1.807) is 13.8 Å². The molecule has 0 radical (unpaired) electrons. The van der Waals surface area contributed by atoms with Gasteiger partial charge in [0.05, 0.1) is 11.3 Å². The van der Waals surface area contributed by atoms with E-state index in [4.69, 9.17) is 4.74 Å². The number of hydrogen-bond acceptors (Lipinski definition) is 4. The van der Waals surface area contributed by atoms with Gasteiger partial charge in [-0.05, 0) is 67.2 Å². The van der Waals surface area contributed by atoms with Gasteiger partial charge >= 0.3 is 12.1 Å². The molecule has 0 bridgehead atoms. The molecule has 4 unspecified atom stereocenters. The smallest absolute Gasteiger partial charge is 0.407 e. The van der Waals surface area contributed by atoms with Crippen LogP contribution in [0.3, 0.4) is 0 Å². The maximum absolute atomic E-state index is 12.9. The van der Waals surface area contributed by atoms with E-state index in [-0.39, 0.29) is 42.9 Å². The minimum atomic E-state index is -0.818. The Kier molecular flexibility index (Phi) is 6.03. The molecule has 0 aromatic heterocycles. The SMILES string of the molecule is CC(C)(CNC(=O)OCC1c2ccccc2-c2ccccc21)C(=O)NC1CC2CC(C(=O)O)CC21. The molecule has 2 saturated carbocycles. The van der Waals surface area contributed by atoms with Crippen LogP contribution in [0.15, 0.2) is 48.5 Å². The van der Waals surface area contributed by atoms with E-state index >= 15 is 0 Å². The van der Waals surface area contributed by atoms with Crippen molar-refractivity contribution in [3.63, 3.8) is 0 Å². The Bertz CT molecular complexity index is 1110. The Labute approximate surface area is 205 Å². The lowest BCUT2D eigenvalue weighted by Gasteiger charge is -2.42. The first-order valence-corrected chi connectivity index (χ1v) is 12.4. The summed E-state index contributed by atoms with van der Waals surface area (Å²) in [6, 6.07) is 16.4. The highest BCUT2D eigenvalue weighted by molar-refractivity contribution is 5.83. The molecule has 3 aliphatic rings. The highest BCUT2D eigenvalue weighted by Crippen LogP contribution is 2.50. The normalized spacial score (nSPS) is 24.5. The molecule has 0 spiro atoms. The topological polar surface area (TPSA) is 105 Å². The second-order valence-corrected chi connectivity index (χ2v) is 10.8. The van der Waals surface area contributed by atoms with Gasteiger partial charge in [-0.25, -0.2) is 4.79 Å². The van der Waals surface area contributed by atoms with Crippen molar-refractivity contribution in [2.45, 2.75) is 45.1 Å². The molecule has 2 amide bonds. The van der Waals surface area contributed by atoms with Crippen LogP contribution in [0, 0.1) is 23.2 Å². The summed E-state index contributed by atoms with van der Waals surface area (Å²) < 4.78 is 5.58. The molecule has 7 heteroatoms. The Morgan fingerprint density at radius 2 is 1.60 bits per heavy atom. The molecule has 2 aromatic carbocycles. The van der Waals surface area contributed by atoms with Crippen molar-refractivity contribution in [3.05, 3.63) is 59.7 Å². The number of fused-ring (bicyclic) bond motifs is 4. The molecule has 0 saturated heterocycles. The predicted molar refractivity (Wildman–Crippen MR) is 131 cm³/mol. The monoisotopic (exact) mass is 476 g/mol. The first-order valence-electron chi connectivity index (χ1n) is 12.4. The number of carbonyl (C=O) groups is 3. The van der Waals surface area contributed by atoms with Gasteiger partial charge in [0.2, 0.25) is 5.91 Å². The lowest BCUT2D eigenvalue weighted by Crippen LogP contribution is -2.55. The van der Waals surface area contributed by atoms with Gasteiger partial charge in [-0.15, -0.1) is 0 Å². The number of alkyl carbamates (subject to hydrolysis) is 1. The van der Waals surface area contributed by atoms with Crippen LogP contribution >= 0.6 is 0 Å². The van der Waals surface area contributed by atoms with Gasteiger partial charge in [-0.3, -0.25) is 9.59 Å². The Hall–Kier alpha value is -3.35. The van der Waals surface area contributed by atoms with Crippen LogP contribution in [0.25, 0.3) is 11.1 Å². The van der Waals surface area contributed by atoms with Crippen LogP contribution in [-0.2, 0) is 14.3 Å². The van der Waals surface area contributed by atoms with Gasteiger partial charge in [-0.1, -0.05) is 48.5 Å². The summed E-state index contributed by atoms with van der Waals surface area (Å²) in [5.41, 5.74) is 3.82. The Morgan fingerprint density at radius 3 is 2.23 bits per heavy atom. The molecule has 35 heavy (non-hydrogen) atoms. The zero-order valence-electron chi connectivity index (χ0n) is 20.1. The van der Waals surface area contributed by atoms with Gasteiger partial charge in [0, 0.05) is 18.5 Å². The summed E-state index contributed by atoms with van der Waals surface area (Å²) in [7, 11) is 0. The summed E-state index contributed by atoms with van der Waals surface area (Å²) >= 11 is 0. The molecule has 3 aliphatic carbocycles. The summed E-state index contributed by atoms with van der Waals surface area (Å²) in [6.07, 6.45) is 1.62. The summed E-state index contributed by atoms with van der Waals surface area (Å²) in [6.45, 7) is 3.95. The zero-order valence-corrected chi connectivity index (χ0v) is 20.1. The number of aliphatic carboxylic acids is 1. The van der Waals surface area contributed by atoms with Crippen LogP contribution in [0.2, 0.25) is 0 Å². The standard InChI is InChI=1S/C28H32N2O5/c1-28(2,26(33)30-24-13-16-11-17(25(31)32)12-22(16)24)15-29-27(34)35-14-23-20-9-5-3-7-18(20)19-8-4-6-10-21(19)23/h3-10,16-17,22-24H,11-15H2,1-2H3,(H,29,34)(H,30,33)(H,31,32). The predicted octanol–water partition coefficient (Wildman–Crippen LogP) is 4.17. The van der Waals surface area contributed by atoms with Crippen molar-refractivity contribution in [2.24, 2.45) is 23.2 Å². The highest BCUT2D eigenvalue weighted by atomic mass is 16.5. The maximum atomic E-state index is 12.9. The van der Waals surface area contributed by atoms with E-state index in [0.717, 1.165) is 17.5 Å². The molecule has 0 aliphatic heterocycles. The van der Waals surface area contributed by atoms with Crippen LogP contribution in [0.1, 0.15) is 50.2 Å². The average Bonchev–Trinajstić information content (AvgIpc) is 3.35. The second kappa shape index (κ2) is 9.02. The fourth-order valence-corrected chi connectivity index (χ4v) is 5.98. The number of hydrogen-bond donors (Lipinski definition) is 3. The van der Waals surface area contributed by atoms with Crippen molar-refractivity contribution >= 4 is 18.0 Å². The third kappa shape index (κ3) is 4.40. The number of nitrogens with one attached hydrogen (secondary N) is 2. The highest BCUT2D eigenvalue weighted by Gasteiger charge is 2.50. The van der Waals surface area contributed by atoms with Crippen molar-refractivity contribution < 1.29 is 24.2 Å². The molecule has 184 valence electrons. The fourth-order valence-electron chi connectivity index (χ4n) is 5.98. The van der Waals surface area contributed by atoms with Crippen molar-refractivity contribution in [1.82, 2.24) is 10.6 Å². The molecule has 3 N–H and O–H groups in total. The van der Waals surface area contributed by atoms with E-state index in [1.807, 2.05) is 24.3 Å². The van der Waals surface area contributed by atoms with Crippen LogP contribution in [0.4, 0.5) is 4.79 Å². The lowest BCUT2D eigenvalue weighted by atomic mass is 9.71. The number of carbonyl (C=O) groups excluding carboxylic acids is 2. The number of benzene rings is 2. The third-order valence-electron chi connectivity index (χ3n) is 8.12. The van der Waals surface area contributed by atoms with Crippen LogP contribution < -0.4 is 10.6 Å². The Morgan fingerprint density at radius 1 is 0.971 bits per heavy atom. The lowest BCUT2D eigenvalue weighted by molar-refractivity contribution is -0.141. The minimum absolute atomic E-state index is 0.0166. The number of rotatable bonds is 7. The minimum Gasteiger partial charge on any atom is -0.481 e. The van der Waals surface area contributed by atoms with Crippen molar-refractivity contribution in [1.29, 1.82) is 0 Å². The number of ether oxygens (including phenoxy) is 1. The van der Waals surface area contributed by atoms with Gasteiger partial charge in [0.1, 0.15) is 6.61 Å². The van der Waals surface area contributed by atoms with E-state index in [1.165, 1.54) is 11.1 Å². The molecular weight excluding hydrogens is 444 g/mol. The van der Waals surface area contributed by atoms with E-state index in [0.29, 0.717) is 18.8 Å². The second-order valence-electron chi connectivity index (χ2n) is 10.8. The van der Waals surface area contributed by atoms with Gasteiger partial charge < -0.3 is 20.5 Å². The average molecular weight is 477 g/mol. The quantitative estimate of drug-likeness (QED) is 0.556. The number of carboxylic acids is 1. The first kappa shape index (κ1) is 23.4. The molecule has 2 fully saturated rings. The number of carboxylic acid groups (broad SMARTS) is 1. The van der Waals surface area contributed by atoms with Crippen LogP contribution in [0.5, 0.6) is 0 Å². The van der Waals surface area contributed by atoms with Crippen molar-refractivity contribution in [2.75, 3.05) is 13.2 Å². The van der Waals surface area contributed by atoms with Gasteiger partial charge in [0.15, 0.2) is 0 Å². The molecule has 4 atom stereocenters. The van der Waals surface area contributed by atoms with Crippen LogP contribution in [-0.4, -0.2) is 42.3 Å². The van der Waals surface area contributed by atoms with Gasteiger partial charge in [0.25, 0.3) is 0 Å². The molecule has 0 heterocycles. The van der Waals surface area contributed by atoms with E-state index in [2.05, 4.69) is 34.9 Å². The summed E-state index contributed by atoms with van der Waals surface area (Å²) in [4.78, 5) is 36.7. The molecule has 2 aromatic rings. The Balaban J connectivity index is 1.12. The molecule has 7 nitrogen and oxygen atoms in total. The zero-order chi connectivity index (χ0) is 24.7. The molecule has 5 rings (SSSR count). The van der Waals surface area contributed by atoms with E-state index < -0.39 is 17.5 Å². The maximum Gasteiger partial charge on any atom is 0.407 e. The van der Waals surface area contributed by atoms with Crippen molar-refractivity contribution in [3.8, 4) is 11.1 Å². The summed E-state index contributed by atoms with van der Waals surface area (Å²) in [5.74, 6) is -0.558.